The molecule has 0 aliphatic carbocycles. The Balaban J connectivity index is 1.93. The normalized spacial score (nSPS) is 24.2. The second-order valence-electron chi connectivity index (χ2n) is 5.40. The predicted molar refractivity (Wildman–Crippen MR) is 82.4 cm³/mol. The number of benzene rings is 1. The highest BCUT2D eigenvalue weighted by Crippen LogP contribution is 2.27. The van der Waals surface area contributed by atoms with Gasteiger partial charge in [0.1, 0.15) is 0 Å². The van der Waals surface area contributed by atoms with Gasteiger partial charge in [0.15, 0.2) is 0 Å². The van der Waals surface area contributed by atoms with Gasteiger partial charge in [0.25, 0.3) is 0 Å². The van der Waals surface area contributed by atoms with Gasteiger partial charge in [0, 0.05) is 23.5 Å². The Morgan fingerprint density at radius 2 is 2.00 bits per heavy atom. The van der Waals surface area contributed by atoms with Crippen LogP contribution < -0.4 is 5.32 Å². The molecular weight excluding hydrogens is 240 g/mol. The Hall–Kier alpha value is -0.670. The van der Waals surface area contributed by atoms with Crippen molar-refractivity contribution in [1.29, 1.82) is 0 Å². The van der Waals surface area contributed by atoms with Gasteiger partial charge < -0.3 is 10.2 Å². The lowest BCUT2D eigenvalue weighted by Crippen LogP contribution is -2.32. The van der Waals surface area contributed by atoms with Crippen LogP contribution in [-0.4, -0.2) is 36.0 Å². The first-order valence-electron chi connectivity index (χ1n) is 6.77. The molecule has 0 bridgehead atoms. The SMILES string of the molecule is CC1SCCCC1Nc1ccc(CN(C)C)cc1. The van der Waals surface area contributed by atoms with Crippen molar-refractivity contribution in [3.63, 3.8) is 0 Å². The molecule has 3 heteroatoms. The molecule has 1 aliphatic rings. The summed E-state index contributed by atoms with van der Waals surface area (Å²) in [6.45, 7) is 3.35. The lowest BCUT2D eigenvalue weighted by Gasteiger charge is -2.30. The average Bonchev–Trinajstić information content (AvgIpc) is 2.34. The van der Waals surface area contributed by atoms with E-state index in [4.69, 9.17) is 0 Å². The van der Waals surface area contributed by atoms with Gasteiger partial charge in [-0.25, -0.2) is 0 Å². The highest BCUT2D eigenvalue weighted by Gasteiger charge is 2.21. The Labute approximate surface area is 115 Å². The van der Waals surface area contributed by atoms with Crippen molar-refractivity contribution in [2.45, 2.75) is 37.6 Å². The molecule has 0 radical (unpaired) electrons. The van der Waals surface area contributed by atoms with E-state index in [9.17, 15) is 0 Å². The maximum atomic E-state index is 3.68. The average molecular weight is 264 g/mol. The molecule has 2 rings (SSSR count). The molecule has 1 aromatic carbocycles. The van der Waals surface area contributed by atoms with E-state index in [0.29, 0.717) is 6.04 Å². The predicted octanol–water partition coefficient (Wildman–Crippen LogP) is 3.44. The summed E-state index contributed by atoms with van der Waals surface area (Å²) in [6.07, 6.45) is 2.64. The van der Waals surface area contributed by atoms with Crippen LogP contribution in [0, 0.1) is 0 Å². The zero-order valence-electron chi connectivity index (χ0n) is 11.6. The van der Waals surface area contributed by atoms with Crippen LogP contribution in [0.15, 0.2) is 24.3 Å². The van der Waals surface area contributed by atoms with E-state index in [1.807, 2.05) is 0 Å². The summed E-state index contributed by atoms with van der Waals surface area (Å²) >= 11 is 2.09. The molecular formula is C15H24N2S. The van der Waals surface area contributed by atoms with E-state index in [2.05, 4.69) is 67.3 Å². The van der Waals surface area contributed by atoms with Gasteiger partial charge >= 0.3 is 0 Å². The molecule has 0 spiro atoms. The van der Waals surface area contributed by atoms with Crippen molar-refractivity contribution >= 4 is 17.4 Å². The maximum absolute atomic E-state index is 3.68. The van der Waals surface area contributed by atoms with Crippen LogP contribution >= 0.6 is 11.8 Å². The van der Waals surface area contributed by atoms with Crippen molar-refractivity contribution < 1.29 is 0 Å². The van der Waals surface area contributed by atoms with E-state index in [1.54, 1.807) is 0 Å². The summed E-state index contributed by atoms with van der Waals surface area (Å²) in [4.78, 5) is 2.20. The van der Waals surface area contributed by atoms with E-state index in [0.717, 1.165) is 11.8 Å². The quantitative estimate of drug-likeness (QED) is 0.897. The minimum absolute atomic E-state index is 0.628. The molecule has 1 N–H and O–H groups in total. The molecule has 1 fully saturated rings. The Bertz CT molecular complexity index is 361. The zero-order chi connectivity index (χ0) is 13.0. The first-order valence-corrected chi connectivity index (χ1v) is 7.82. The highest BCUT2D eigenvalue weighted by atomic mass is 32.2. The number of anilines is 1. The van der Waals surface area contributed by atoms with Crippen LogP contribution in [0.2, 0.25) is 0 Å². The number of hydrogen-bond donors (Lipinski definition) is 1. The lowest BCUT2D eigenvalue weighted by atomic mass is 10.1. The number of thioether (sulfide) groups is 1. The summed E-state index contributed by atoms with van der Waals surface area (Å²) in [5, 5.41) is 4.40. The number of nitrogens with one attached hydrogen (secondary N) is 1. The van der Waals surface area contributed by atoms with Gasteiger partial charge in [-0.2, -0.15) is 11.8 Å². The van der Waals surface area contributed by atoms with E-state index in [1.165, 1.54) is 29.8 Å². The molecule has 0 aromatic heterocycles. The van der Waals surface area contributed by atoms with Crippen LogP contribution in [0.1, 0.15) is 25.3 Å². The van der Waals surface area contributed by atoms with Gasteiger partial charge in [-0.05, 0) is 50.4 Å². The van der Waals surface area contributed by atoms with Crippen molar-refractivity contribution in [1.82, 2.24) is 4.90 Å². The Kier molecular flexibility index (Phi) is 4.95. The minimum Gasteiger partial charge on any atom is -0.381 e. The van der Waals surface area contributed by atoms with Crippen molar-refractivity contribution in [2.75, 3.05) is 25.2 Å². The maximum Gasteiger partial charge on any atom is 0.0377 e. The third-order valence-corrected chi connectivity index (χ3v) is 4.79. The van der Waals surface area contributed by atoms with Crippen LogP contribution in [0.25, 0.3) is 0 Å². The molecule has 18 heavy (non-hydrogen) atoms. The fourth-order valence-corrected chi connectivity index (χ4v) is 3.54. The second kappa shape index (κ2) is 6.48. The fraction of sp³-hybridized carbons (Fsp3) is 0.600. The summed E-state index contributed by atoms with van der Waals surface area (Å²) in [7, 11) is 4.21. The second-order valence-corrected chi connectivity index (χ2v) is 6.89. The molecule has 2 atom stereocenters. The first-order chi connectivity index (χ1) is 8.65. The number of hydrogen-bond acceptors (Lipinski definition) is 3. The van der Waals surface area contributed by atoms with Gasteiger partial charge in [0.05, 0.1) is 0 Å². The summed E-state index contributed by atoms with van der Waals surface area (Å²) in [6, 6.07) is 9.50. The van der Waals surface area contributed by atoms with Crippen LogP contribution in [0.4, 0.5) is 5.69 Å². The van der Waals surface area contributed by atoms with Crippen molar-refractivity contribution in [2.24, 2.45) is 0 Å². The topological polar surface area (TPSA) is 15.3 Å². The van der Waals surface area contributed by atoms with Gasteiger partial charge in [-0.3, -0.25) is 0 Å². The third-order valence-electron chi connectivity index (χ3n) is 3.41. The minimum atomic E-state index is 0.628. The van der Waals surface area contributed by atoms with Crippen molar-refractivity contribution in [3.8, 4) is 0 Å². The lowest BCUT2D eigenvalue weighted by molar-refractivity contribution is 0.402. The summed E-state index contributed by atoms with van der Waals surface area (Å²) in [5.74, 6) is 1.32. The molecule has 1 aliphatic heterocycles. The van der Waals surface area contributed by atoms with Crippen LogP contribution in [0.5, 0.6) is 0 Å². The standard InChI is InChI=1S/C15H24N2S/c1-12-15(5-4-10-18-12)16-14-8-6-13(7-9-14)11-17(2)3/h6-9,12,15-16H,4-5,10-11H2,1-3H3. The Morgan fingerprint density at radius 3 is 2.61 bits per heavy atom. The van der Waals surface area contributed by atoms with E-state index < -0.39 is 0 Å². The number of nitrogens with zero attached hydrogens (tertiary/aromatic N) is 1. The smallest absolute Gasteiger partial charge is 0.0377 e. The molecule has 100 valence electrons. The molecule has 1 aromatic rings. The molecule has 1 saturated heterocycles. The fourth-order valence-electron chi connectivity index (χ4n) is 2.40. The van der Waals surface area contributed by atoms with Gasteiger partial charge in [-0.1, -0.05) is 19.1 Å². The number of rotatable bonds is 4. The van der Waals surface area contributed by atoms with E-state index in [-0.39, 0.29) is 0 Å². The molecule has 2 nitrogen and oxygen atoms in total. The van der Waals surface area contributed by atoms with Crippen LogP contribution in [0.3, 0.4) is 0 Å². The van der Waals surface area contributed by atoms with Gasteiger partial charge in [0.2, 0.25) is 0 Å². The van der Waals surface area contributed by atoms with Gasteiger partial charge in [-0.15, -0.1) is 0 Å². The first kappa shape index (κ1) is 13.8. The third kappa shape index (κ3) is 3.92. The van der Waals surface area contributed by atoms with Crippen LogP contribution in [-0.2, 0) is 6.54 Å². The summed E-state index contributed by atoms with van der Waals surface area (Å²) < 4.78 is 0. The van der Waals surface area contributed by atoms with Crippen molar-refractivity contribution in [3.05, 3.63) is 29.8 Å². The monoisotopic (exact) mass is 264 g/mol. The Morgan fingerprint density at radius 1 is 1.28 bits per heavy atom. The molecule has 0 amide bonds. The molecule has 0 saturated carbocycles. The molecule has 1 heterocycles. The summed E-state index contributed by atoms with van der Waals surface area (Å²) in [5.41, 5.74) is 2.63. The largest absolute Gasteiger partial charge is 0.381 e. The molecule has 2 unspecified atom stereocenters. The van der Waals surface area contributed by atoms with E-state index >= 15 is 0 Å². The highest BCUT2D eigenvalue weighted by molar-refractivity contribution is 8.00. The zero-order valence-corrected chi connectivity index (χ0v) is 12.5.